The van der Waals surface area contributed by atoms with Gasteiger partial charge in [0, 0.05) is 16.6 Å². The van der Waals surface area contributed by atoms with Crippen LogP contribution in [0.4, 0.5) is 10.1 Å². The average molecular weight is 433 g/mol. The summed E-state index contributed by atoms with van der Waals surface area (Å²) in [6.07, 6.45) is 1.90. The Kier molecular flexibility index (Phi) is 6.14. The number of rotatable bonds is 6. The van der Waals surface area contributed by atoms with Crippen LogP contribution in [0, 0.1) is 5.82 Å². The number of aromatic nitrogens is 2. The molecule has 3 aromatic rings. The van der Waals surface area contributed by atoms with Crippen molar-refractivity contribution in [2.75, 3.05) is 11.6 Å². The zero-order valence-electron chi connectivity index (χ0n) is 15.2. The predicted molar refractivity (Wildman–Crippen MR) is 107 cm³/mol. The molecule has 1 heterocycles. The zero-order chi connectivity index (χ0) is 21.0. The van der Waals surface area contributed by atoms with E-state index < -0.39 is 38.7 Å². The van der Waals surface area contributed by atoms with Gasteiger partial charge in [-0.15, -0.1) is 11.8 Å². The fourth-order valence-electron chi connectivity index (χ4n) is 2.48. The minimum absolute atomic E-state index is 0.298. The van der Waals surface area contributed by atoms with E-state index in [0.29, 0.717) is 5.69 Å². The molecule has 0 aliphatic carbocycles. The Hall–Kier alpha value is -2.98. The van der Waals surface area contributed by atoms with Crippen LogP contribution in [-0.4, -0.2) is 30.4 Å². The smallest absolute Gasteiger partial charge is 0.267 e. The number of benzene rings is 2. The lowest BCUT2D eigenvalue weighted by molar-refractivity contribution is -0.117. The van der Waals surface area contributed by atoms with Gasteiger partial charge in [0.2, 0.25) is 15.7 Å². The molecule has 150 valence electrons. The maximum Gasteiger partial charge on any atom is 0.267 e. The Labute approximate surface area is 170 Å². The molecule has 3 rings (SSSR count). The molecule has 0 radical (unpaired) electrons. The molecule has 7 nitrogen and oxygen atoms in total. The van der Waals surface area contributed by atoms with Crippen LogP contribution in [0.3, 0.4) is 0 Å². The van der Waals surface area contributed by atoms with Gasteiger partial charge in [-0.25, -0.2) is 17.5 Å². The number of thioether (sulfide) groups is 1. The van der Waals surface area contributed by atoms with Crippen molar-refractivity contribution in [1.82, 2.24) is 9.78 Å². The highest BCUT2D eigenvalue weighted by Gasteiger charge is 2.21. The van der Waals surface area contributed by atoms with Gasteiger partial charge in [-0.3, -0.25) is 9.59 Å². The van der Waals surface area contributed by atoms with E-state index in [-0.39, 0.29) is 4.90 Å². The predicted octanol–water partition coefficient (Wildman–Crippen LogP) is 2.58. The SMILES string of the molecule is CSc1cccc(NC(=O)Cn2nc(S(=O)(=O)c3cccc(F)c3)ccc2=O)c1. The number of nitrogens with one attached hydrogen (secondary N) is 1. The lowest BCUT2D eigenvalue weighted by atomic mass is 10.3. The number of hydrogen-bond acceptors (Lipinski definition) is 6. The zero-order valence-corrected chi connectivity index (χ0v) is 16.8. The number of nitrogens with zero attached hydrogens (tertiary/aromatic N) is 2. The van der Waals surface area contributed by atoms with Gasteiger partial charge in [-0.2, -0.15) is 5.10 Å². The van der Waals surface area contributed by atoms with E-state index in [1.165, 1.54) is 23.9 Å². The largest absolute Gasteiger partial charge is 0.324 e. The lowest BCUT2D eigenvalue weighted by Crippen LogP contribution is -2.30. The Morgan fingerprint density at radius 3 is 2.62 bits per heavy atom. The number of carbonyl (C=O) groups is 1. The standard InChI is InChI=1S/C19H16FN3O4S2/c1-28-15-6-3-5-14(11-15)21-17(24)12-23-19(25)9-8-18(22-23)29(26,27)16-7-2-4-13(20)10-16/h2-11H,12H2,1H3,(H,21,24). The first-order valence-electron chi connectivity index (χ1n) is 8.32. The van der Waals surface area contributed by atoms with Gasteiger partial charge < -0.3 is 5.32 Å². The highest BCUT2D eigenvalue weighted by molar-refractivity contribution is 7.98. The first kappa shape index (κ1) is 20.7. The minimum atomic E-state index is -4.15. The highest BCUT2D eigenvalue weighted by Crippen LogP contribution is 2.20. The second-order valence-corrected chi connectivity index (χ2v) is 8.68. The van der Waals surface area contributed by atoms with Crippen LogP contribution >= 0.6 is 11.8 Å². The van der Waals surface area contributed by atoms with E-state index in [4.69, 9.17) is 0 Å². The molecule has 10 heteroatoms. The van der Waals surface area contributed by atoms with Crippen LogP contribution in [0.1, 0.15) is 0 Å². The molecule has 2 aromatic carbocycles. The molecule has 1 aromatic heterocycles. The number of halogens is 1. The fourth-order valence-corrected chi connectivity index (χ4v) is 4.16. The molecule has 0 atom stereocenters. The number of sulfone groups is 1. The Morgan fingerprint density at radius 2 is 1.90 bits per heavy atom. The van der Waals surface area contributed by atoms with Crippen molar-refractivity contribution in [2.24, 2.45) is 0 Å². The summed E-state index contributed by atoms with van der Waals surface area (Å²) >= 11 is 1.51. The molecule has 0 unspecified atom stereocenters. The van der Waals surface area contributed by atoms with E-state index in [1.54, 1.807) is 18.2 Å². The lowest BCUT2D eigenvalue weighted by Gasteiger charge is -2.09. The topological polar surface area (TPSA) is 98.1 Å². The molecule has 0 bridgehead atoms. The normalized spacial score (nSPS) is 11.2. The molecule has 1 amide bonds. The average Bonchev–Trinajstić information content (AvgIpc) is 2.69. The minimum Gasteiger partial charge on any atom is -0.324 e. The van der Waals surface area contributed by atoms with Crippen LogP contribution in [0.15, 0.2) is 80.3 Å². The van der Waals surface area contributed by atoms with Gasteiger partial charge in [0.15, 0.2) is 5.03 Å². The van der Waals surface area contributed by atoms with Gasteiger partial charge in [0.1, 0.15) is 12.4 Å². The molecule has 1 N–H and O–H groups in total. The van der Waals surface area contributed by atoms with Crippen molar-refractivity contribution in [1.29, 1.82) is 0 Å². The maximum absolute atomic E-state index is 13.4. The summed E-state index contributed by atoms with van der Waals surface area (Å²) in [6, 6.07) is 13.6. The highest BCUT2D eigenvalue weighted by atomic mass is 32.2. The summed E-state index contributed by atoms with van der Waals surface area (Å²) in [4.78, 5) is 25.0. The van der Waals surface area contributed by atoms with Crippen molar-refractivity contribution in [3.8, 4) is 0 Å². The van der Waals surface area contributed by atoms with Crippen molar-refractivity contribution >= 4 is 33.2 Å². The summed E-state index contributed by atoms with van der Waals surface area (Å²) in [6.45, 7) is -0.477. The van der Waals surface area contributed by atoms with Crippen LogP contribution < -0.4 is 10.9 Å². The summed E-state index contributed by atoms with van der Waals surface area (Å²) < 4.78 is 39.4. The van der Waals surface area contributed by atoms with Crippen molar-refractivity contribution in [2.45, 2.75) is 21.4 Å². The van der Waals surface area contributed by atoms with Crippen molar-refractivity contribution in [3.05, 3.63) is 76.8 Å². The third kappa shape index (κ3) is 4.90. The molecule has 0 saturated carbocycles. The Bertz CT molecular complexity index is 1230. The Balaban J connectivity index is 1.85. The third-order valence-corrected chi connectivity index (χ3v) is 6.24. The molecular weight excluding hydrogens is 417 g/mol. The van der Waals surface area contributed by atoms with Crippen LogP contribution in [-0.2, 0) is 21.2 Å². The summed E-state index contributed by atoms with van der Waals surface area (Å²) in [5.41, 5.74) is -0.102. The number of hydrogen-bond donors (Lipinski definition) is 1. The first-order chi connectivity index (χ1) is 13.8. The quantitative estimate of drug-likeness (QED) is 0.600. The van der Waals surface area contributed by atoms with Gasteiger partial charge in [-0.1, -0.05) is 12.1 Å². The molecule has 29 heavy (non-hydrogen) atoms. The van der Waals surface area contributed by atoms with Crippen LogP contribution in [0.2, 0.25) is 0 Å². The van der Waals surface area contributed by atoms with Crippen molar-refractivity contribution in [3.63, 3.8) is 0 Å². The summed E-state index contributed by atoms with van der Waals surface area (Å²) in [7, 11) is -4.15. The molecule has 0 fully saturated rings. The first-order valence-corrected chi connectivity index (χ1v) is 11.0. The number of amides is 1. The Morgan fingerprint density at radius 1 is 1.14 bits per heavy atom. The van der Waals surface area contributed by atoms with Crippen LogP contribution in [0.25, 0.3) is 0 Å². The monoisotopic (exact) mass is 433 g/mol. The number of anilines is 1. The van der Waals surface area contributed by atoms with Crippen molar-refractivity contribution < 1.29 is 17.6 Å². The summed E-state index contributed by atoms with van der Waals surface area (Å²) in [5, 5.41) is 5.97. The second-order valence-electron chi connectivity index (χ2n) is 5.91. The van der Waals surface area contributed by atoms with Gasteiger partial charge in [-0.05, 0) is 48.7 Å². The van der Waals surface area contributed by atoms with Gasteiger partial charge in [0.25, 0.3) is 5.56 Å². The third-order valence-electron chi connectivity index (χ3n) is 3.87. The summed E-state index contributed by atoms with van der Waals surface area (Å²) in [5.74, 6) is -1.26. The van der Waals surface area contributed by atoms with Crippen LogP contribution in [0.5, 0.6) is 0 Å². The molecule has 0 spiro atoms. The van der Waals surface area contributed by atoms with Gasteiger partial charge in [0.05, 0.1) is 4.90 Å². The molecule has 0 aliphatic heterocycles. The maximum atomic E-state index is 13.4. The molecular formula is C19H16FN3O4S2. The molecule has 0 saturated heterocycles. The number of carbonyl (C=O) groups excluding carboxylic acids is 1. The van der Waals surface area contributed by atoms with E-state index in [0.717, 1.165) is 33.8 Å². The van der Waals surface area contributed by atoms with E-state index >= 15 is 0 Å². The van der Waals surface area contributed by atoms with E-state index in [2.05, 4.69) is 10.4 Å². The second kappa shape index (κ2) is 8.58. The van der Waals surface area contributed by atoms with E-state index in [1.807, 2.05) is 12.3 Å². The van der Waals surface area contributed by atoms with Gasteiger partial charge >= 0.3 is 0 Å². The van der Waals surface area contributed by atoms with E-state index in [9.17, 15) is 22.4 Å². The molecule has 0 aliphatic rings. The fraction of sp³-hybridized carbons (Fsp3) is 0.105.